The summed E-state index contributed by atoms with van der Waals surface area (Å²) in [4.78, 5) is 25.7. The first-order valence-electron chi connectivity index (χ1n) is 10.4. The molecule has 10 heteroatoms. The quantitative estimate of drug-likeness (QED) is 0.479. The minimum absolute atomic E-state index is 0.0776. The van der Waals surface area contributed by atoms with Gasteiger partial charge in [0, 0.05) is 11.4 Å². The first kappa shape index (κ1) is 22.5. The predicted molar refractivity (Wildman–Crippen MR) is 124 cm³/mol. The van der Waals surface area contributed by atoms with Gasteiger partial charge in [0.25, 0.3) is 5.91 Å². The van der Waals surface area contributed by atoms with Gasteiger partial charge >= 0.3 is 0 Å². The molecule has 0 fully saturated rings. The van der Waals surface area contributed by atoms with Crippen molar-refractivity contribution in [1.82, 2.24) is 14.8 Å². The number of nitrogens with zero attached hydrogens (tertiary/aromatic N) is 3. The van der Waals surface area contributed by atoms with Crippen molar-refractivity contribution in [2.45, 2.75) is 44.8 Å². The summed E-state index contributed by atoms with van der Waals surface area (Å²) < 4.78 is 16.2. The Morgan fingerprint density at radius 1 is 1.28 bits per heavy atom. The Bertz CT molecular complexity index is 1170. The molecule has 2 aromatic heterocycles. The Morgan fingerprint density at radius 2 is 2.06 bits per heavy atom. The molecule has 1 aliphatic carbocycles. The molecule has 0 saturated heterocycles. The van der Waals surface area contributed by atoms with Gasteiger partial charge in [-0.3, -0.25) is 9.59 Å². The van der Waals surface area contributed by atoms with Crippen LogP contribution in [0.1, 0.15) is 41.1 Å². The monoisotopic (exact) mass is 473 g/mol. The molecule has 2 heterocycles. The van der Waals surface area contributed by atoms with E-state index < -0.39 is 5.91 Å². The lowest BCUT2D eigenvalue weighted by molar-refractivity contribution is -0.113. The number of hydrogen-bond donors (Lipinski definition) is 2. The van der Waals surface area contributed by atoms with E-state index in [1.165, 1.54) is 29.2 Å². The summed E-state index contributed by atoms with van der Waals surface area (Å²) >= 11 is 2.65. The number of carbonyl (C=O) groups excluding carboxylic acids is 2. The Hall–Kier alpha value is -2.72. The minimum Gasteiger partial charge on any atom is -0.365 e. The number of nitrogens with two attached hydrogens (primary N) is 1. The highest BCUT2D eigenvalue weighted by molar-refractivity contribution is 7.99. The summed E-state index contributed by atoms with van der Waals surface area (Å²) in [6.07, 6.45) is 2.72. The zero-order valence-corrected chi connectivity index (χ0v) is 19.5. The number of rotatable bonds is 8. The van der Waals surface area contributed by atoms with E-state index in [0.29, 0.717) is 33.7 Å². The van der Waals surface area contributed by atoms with Crippen molar-refractivity contribution >= 4 is 39.9 Å². The molecule has 0 bridgehead atoms. The van der Waals surface area contributed by atoms with Crippen LogP contribution in [0.4, 0.5) is 9.39 Å². The second kappa shape index (κ2) is 9.41. The van der Waals surface area contributed by atoms with Crippen molar-refractivity contribution in [2.75, 3.05) is 11.1 Å². The normalized spacial score (nSPS) is 12.9. The molecule has 0 spiro atoms. The Morgan fingerprint density at radius 3 is 2.78 bits per heavy atom. The highest BCUT2D eigenvalue weighted by atomic mass is 32.2. The number of primary amides is 1. The summed E-state index contributed by atoms with van der Waals surface area (Å²) in [7, 11) is 0. The SMILES string of the molecule is CC(C)Cn1c(SCC(=O)Nc2sc3c(c2C(N)=O)CCC3)nnc1-c1ccccc1F. The maximum atomic E-state index is 14.3. The number of amides is 2. The average Bonchev–Trinajstić information content (AvgIpc) is 3.41. The van der Waals surface area contributed by atoms with Gasteiger partial charge in [0.1, 0.15) is 10.8 Å². The Labute approximate surface area is 193 Å². The van der Waals surface area contributed by atoms with Gasteiger partial charge in [-0.05, 0) is 42.9 Å². The number of anilines is 1. The van der Waals surface area contributed by atoms with Crippen LogP contribution in [0, 0.1) is 11.7 Å². The van der Waals surface area contributed by atoms with E-state index in [2.05, 4.69) is 15.5 Å². The van der Waals surface area contributed by atoms with Gasteiger partial charge in [-0.1, -0.05) is 37.7 Å². The fourth-order valence-electron chi connectivity index (χ4n) is 3.81. The van der Waals surface area contributed by atoms with Crippen LogP contribution in [0.15, 0.2) is 29.4 Å². The highest BCUT2D eigenvalue weighted by Gasteiger charge is 2.26. The molecule has 0 aliphatic heterocycles. The smallest absolute Gasteiger partial charge is 0.251 e. The molecular weight excluding hydrogens is 449 g/mol. The van der Waals surface area contributed by atoms with Gasteiger partial charge in [-0.2, -0.15) is 0 Å². The van der Waals surface area contributed by atoms with Crippen LogP contribution in [0.5, 0.6) is 0 Å². The second-order valence-electron chi connectivity index (χ2n) is 8.05. The minimum atomic E-state index is -0.515. The zero-order chi connectivity index (χ0) is 22.8. The number of fused-ring (bicyclic) bond motifs is 1. The molecule has 0 atom stereocenters. The number of aromatic nitrogens is 3. The van der Waals surface area contributed by atoms with Crippen molar-refractivity contribution in [3.8, 4) is 11.4 Å². The zero-order valence-electron chi connectivity index (χ0n) is 17.9. The number of thioether (sulfide) groups is 1. The highest BCUT2D eigenvalue weighted by Crippen LogP contribution is 2.39. The molecule has 168 valence electrons. The largest absolute Gasteiger partial charge is 0.365 e. The molecule has 1 aromatic carbocycles. The molecule has 7 nitrogen and oxygen atoms in total. The molecule has 2 amide bonds. The average molecular weight is 474 g/mol. The summed E-state index contributed by atoms with van der Waals surface area (Å²) in [5, 5.41) is 12.3. The molecule has 4 rings (SSSR count). The third kappa shape index (κ3) is 4.56. The molecule has 3 N–H and O–H groups in total. The Kier molecular flexibility index (Phi) is 6.61. The maximum absolute atomic E-state index is 14.3. The number of halogens is 1. The second-order valence-corrected chi connectivity index (χ2v) is 10.1. The summed E-state index contributed by atoms with van der Waals surface area (Å²) in [6.45, 7) is 4.69. The predicted octanol–water partition coefficient (Wildman–Crippen LogP) is 4.12. The fraction of sp³-hybridized carbons (Fsp3) is 0.364. The van der Waals surface area contributed by atoms with Gasteiger partial charge in [0.05, 0.1) is 16.9 Å². The lowest BCUT2D eigenvalue weighted by Crippen LogP contribution is -2.19. The van der Waals surface area contributed by atoms with Crippen LogP contribution < -0.4 is 11.1 Å². The van der Waals surface area contributed by atoms with Crippen LogP contribution in [0.2, 0.25) is 0 Å². The molecule has 0 radical (unpaired) electrons. The van der Waals surface area contributed by atoms with Crippen molar-refractivity contribution in [3.63, 3.8) is 0 Å². The van der Waals surface area contributed by atoms with E-state index in [9.17, 15) is 14.0 Å². The van der Waals surface area contributed by atoms with E-state index in [4.69, 9.17) is 5.73 Å². The standard InChI is InChI=1S/C22H24FN5O2S2/c1-12(2)10-28-20(13-6-3-4-8-15(13)23)26-27-22(28)31-11-17(29)25-21-18(19(24)30)14-7-5-9-16(14)32-21/h3-4,6,8,12H,5,7,9-11H2,1-2H3,(H2,24,30)(H,25,29). The molecular formula is C22H24FN5O2S2. The topological polar surface area (TPSA) is 103 Å². The van der Waals surface area contributed by atoms with Gasteiger partial charge in [0.15, 0.2) is 11.0 Å². The van der Waals surface area contributed by atoms with Gasteiger partial charge in [-0.15, -0.1) is 21.5 Å². The van der Waals surface area contributed by atoms with Crippen LogP contribution in [0.25, 0.3) is 11.4 Å². The number of carbonyl (C=O) groups is 2. The van der Waals surface area contributed by atoms with Crippen LogP contribution >= 0.6 is 23.1 Å². The molecule has 3 aromatic rings. The van der Waals surface area contributed by atoms with Crippen LogP contribution in [0.3, 0.4) is 0 Å². The number of hydrogen-bond acceptors (Lipinski definition) is 6. The van der Waals surface area contributed by atoms with Crippen molar-refractivity contribution in [3.05, 3.63) is 46.1 Å². The van der Waals surface area contributed by atoms with Gasteiger partial charge in [-0.25, -0.2) is 4.39 Å². The summed E-state index contributed by atoms with van der Waals surface area (Å²) in [6, 6.07) is 6.43. The van der Waals surface area contributed by atoms with Crippen molar-refractivity contribution < 1.29 is 14.0 Å². The van der Waals surface area contributed by atoms with E-state index in [-0.39, 0.29) is 23.4 Å². The van der Waals surface area contributed by atoms with E-state index in [1.807, 2.05) is 18.4 Å². The van der Waals surface area contributed by atoms with E-state index in [0.717, 1.165) is 29.7 Å². The maximum Gasteiger partial charge on any atom is 0.251 e. The number of nitrogens with one attached hydrogen (secondary N) is 1. The molecule has 0 unspecified atom stereocenters. The molecule has 32 heavy (non-hydrogen) atoms. The third-order valence-electron chi connectivity index (χ3n) is 5.13. The lowest BCUT2D eigenvalue weighted by atomic mass is 10.1. The first-order valence-corrected chi connectivity index (χ1v) is 12.2. The van der Waals surface area contributed by atoms with Crippen LogP contribution in [-0.2, 0) is 24.2 Å². The number of benzene rings is 1. The van der Waals surface area contributed by atoms with E-state index in [1.54, 1.807) is 18.2 Å². The number of aryl methyl sites for hydroxylation is 1. The Balaban J connectivity index is 1.51. The lowest BCUT2D eigenvalue weighted by Gasteiger charge is -2.13. The van der Waals surface area contributed by atoms with Crippen molar-refractivity contribution in [2.24, 2.45) is 11.7 Å². The van der Waals surface area contributed by atoms with Crippen molar-refractivity contribution in [1.29, 1.82) is 0 Å². The summed E-state index contributed by atoms with van der Waals surface area (Å²) in [5.74, 6) is -0.359. The van der Waals surface area contributed by atoms with E-state index >= 15 is 0 Å². The molecule has 0 saturated carbocycles. The van der Waals surface area contributed by atoms with Gasteiger partial charge in [0.2, 0.25) is 5.91 Å². The number of thiophene rings is 1. The summed E-state index contributed by atoms with van der Waals surface area (Å²) in [5.41, 5.74) is 7.34. The molecule has 1 aliphatic rings. The fourth-order valence-corrected chi connectivity index (χ4v) is 5.87. The first-order chi connectivity index (χ1) is 15.3. The third-order valence-corrected chi connectivity index (χ3v) is 7.31. The van der Waals surface area contributed by atoms with Gasteiger partial charge < -0.3 is 15.6 Å². The van der Waals surface area contributed by atoms with Crippen LogP contribution in [-0.4, -0.2) is 32.3 Å².